The maximum atomic E-state index is 6.32. The van der Waals surface area contributed by atoms with E-state index in [4.69, 9.17) is 5.73 Å². The van der Waals surface area contributed by atoms with Crippen LogP contribution in [0, 0.1) is 23.7 Å². The molecule has 1 aliphatic rings. The van der Waals surface area contributed by atoms with Crippen LogP contribution in [-0.4, -0.2) is 6.04 Å². The topological polar surface area (TPSA) is 26.0 Å². The maximum Gasteiger partial charge on any atom is 0.00931 e. The van der Waals surface area contributed by atoms with Gasteiger partial charge in [-0.2, -0.15) is 0 Å². The van der Waals surface area contributed by atoms with Gasteiger partial charge in [0.05, 0.1) is 0 Å². The summed E-state index contributed by atoms with van der Waals surface area (Å²) < 4.78 is 0. The molecular formula is C13H27N. The highest BCUT2D eigenvalue weighted by molar-refractivity contribution is 4.85. The minimum atomic E-state index is 0.419. The van der Waals surface area contributed by atoms with Gasteiger partial charge in [0.15, 0.2) is 0 Å². The summed E-state index contributed by atoms with van der Waals surface area (Å²) in [7, 11) is 0. The van der Waals surface area contributed by atoms with E-state index >= 15 is 0 Å². The lowest BCUT2D eigenvalue weighted by atomic mass is 9.68. The van der Waals surface area contributed by atoms with Crippen LogP contribution in [0.15, 0.2) is 0 Å². The first kappa shape index (κ1) is 12.0. The van der Waals surface area contributed by atoms with Gasteiger partial charge in [-0.25, -0.2) is 0 Å². The third kappa shape index (κ3) is 2.73. The smallest absolute Gasteiger partial charge is 0.00931 e. The zero-order chi connectivity index (χ0) is 10.7. The molecule has 0 amide bonds. The second kappa shape index (κ2) is 5.16. The van der Waals surface area contributed by atoms with Gasteiger partial charge >= 0.3 is 0 Å². The SMILES string of the molecule is CC(C)C(N)C1CCCCC1C(C)C. The first-order chi connectivity index (χ1) is 6.54. The fourth-order valence-corrected chi connectivity index (χ4v) is 2.99. The molecular weight excluding hydrogens is 170 g/mol. The number of rotatable bonds is 3. The zero-order valence-electron chi connectivity index (χ0n) is 10.3. The predicted octanol–water partition coefficient (Wildman–Crippen LogP) is 3.43. The van der Waals surface area contributed by atoms with E-state index in [1.165, 1.54) is 25.7 Å². The minimum absolute atomic E-state index is 0.419. The van der Waals surface area contributed by atoms with E-state index in [0.29, 0.717) is 12.0 Å². The highest BCUT2D eigenvalue weighted by Gasteiger charge is 2.32. The van der Waals surface area contributed by atoms with Crippen molar-refractivity contribution in [2.24, 2.45) is 29.4 Å². The molecule has 3 unspecified atom stereocenters. The van der Waals surface area contributed by atoms with Crippen LogP contribution in [0.3, 0.4) is 0 Å². The summed E-state index contributed by atoms with van der Waals surface area (Å²) in [6.45, 7) is 9.24. The highest BCUT2D eigenvalue weighted by Crippen LogP contribution is 2.37. The fourth-order valence-electron chi connectivity index (χ4n) is 2.99. The van der Waals surface area contributed by atoms with Crippen molar-refractivity contribution >= 4 is 0 Å². The number of hydrogen-bond acceptors (Lipinski definition) is 1. The van der Waals surface area contributed by atoms with Crippen molar-refractivity contribution in [3.63, 3.8) is 0 Å². The first-order valence-electron chi connectivity index (χ1n) is 6.29. The lowest BCUT2D eigenvalue weighted by Crippen LogP contribution is -2.42. The van der Waals surface area contributed by atoms with Gasteiger partial charge in [-0.15, -0.1) is 0 Å². The lowest BCUT2D eigenvalue weighted by molar-refractivity contribution is 0.134. The van der Waals surface area contributed by atoms with Crippen LogP contribution in [-0.2, 0) is 0 Å². The van der Waals surface area contributed by atoms with E-state index in [0.717, 1.165) is 17.8 Å². The Morgan fingerprint density at radius 2 is 1.43 bits per heavy atom. The summed E-state index contributed by atoms with van der Waals surface area (Å²) >= 11 is 0. The summed E-state index contributed by atoms with van der Waals surface area (Å²) in [6.07, 6.45) is 5.59. The van der Waals surface area contributed by atoms with Crippen LogP contribution < -0.4 is 5.73 Å². The van der Waals surface area contributed by atoms with Gasteiger partial charge in [-0.1, -0.05) is 40.5 Å². The molecule has 0 heterocycles. The molecule has 0 bridgehead atoms. The van der Waals surface area contributed by atoms with E-state index < -0.39 is 0 Å². The Labute approximate surface area is 89.5 Å². The molecule has 0 spiro atoms. The molecule has 14 heavy (non-hydrogen) atoms. The molecule has 1 aliphatic carbocycles. The van der Waals surface area contributed by atoms with Crippen LogP contribution in [0.1, 0.15) is 53.4 Å². The van der Waals surface area contributed by atoms with Crippen molar-refractivity contribution in [1.82, 2.24) is 0 Å². The maximum absolute atomic E-state index is 6.32. The average molecular weight is 197 g/mol. The summed E-state index contributed by atoms with van der Waals surface area (Å²) in [5, 5.41) is 0. The van der Waals surface area contributed by atoms with Crippen molar-refractivity contribution < 1.29 is 0 Å². The van der Waals surface area contributed by atoms with Crippen LogP contribution >= 0.6 is 0 Å². The Bertz CT molecular complexity index is 163. The van der Waals surface area contributed by atoms with E-state index in [2.05, 4.69) is 27.7 Å². The Morgan fingerprint density at radius 1 is 0.929 bits per heavy atom. The zero-order valence-corrected chi connectivity index (χ0v) is 10.3. The lowest BCUT2D eigenvalue weighted by Gasteiger charge is -2.39. The van der Waals surface area contributed by atoms with Gasteiger partial charge in [0.1, 0.15) is 0 Å². The Hall–Kier alpha value is -0.0400. The quantitative estimate of drug-likeness (QED) is 0.737. The molecule has 0 radical (unpaired) electrons. The second-order valence-corrected chi connectivity index (χ2v) is 5.68. The predicted molar refractivity (Wildman–Crippen MR) is 63.1 cm³/mol. The molecule has 1 saturated carbocycles. The molecule has 0 aromatic heterocycles. The molecule has 0 saturated heterocycles. The summed E-state index contributed by atoms with van der Waals surface area (Å²) in [4.78, 5) is 0. The molecule has 2 N–H and O–H groups in total. The van der Waals surface area contributed by atoms with Gasteiger partial charge in [-0.05, 0) is 36.5 Å². The van der Waals surface area contributed by atoms with E-state index in [1.54, 1.807) is 0 Å². The Kier molecular flexibility index (Phi) is 4.43. The first-order valence-corrected chi connectivity index (χ1v) is 6.29. The van der Waals surface area contributed by atoms with Crippen LogP contribution in [0.25, 0.3) is 0 Å². The van der Waals surface area contributed by atoms with Crippen molar-refractivity contribution in [2.45, 2.75) is 59.4 Å². The summed E-state index contributed by atoms with van der Waals surface area (Å²) in [5.41, 5.74) is 6.32. The molecule has 1 fully saturated rings. The minimum Gasteiger partial charge on any atom is -0.327 e. The Balaban J connectivity index is 2.62. The Morgan fingerprint density at radius 3 is 1.86 bits per heavy atom. The van der Waals surface area contributed by atoms with Crippen molar-refractivity contribution in [3.8, 4) is 0 Å². The van der Waals surface area contributed by atoms with Crippen molar-refractivity contribution in [3.05, 3.63) is 0 Å². The summed E-state index contributed by atoms with van der Waals surface area (Å²) in [5.74, 6) is 3.11. The molecule has 1 heteroatoms. The average Bonchev–Trinajstić information content (AvgIpc) is 2.16. The molecule has 84 valence electrons. The summed E-state index contributed by atoms with van der Waals surface area (Å²) in [6, 6.07) is 0.419. The van der Waals surface area contributed by atoms with Gasteiger partial charge in [0.2, 0.25) is 0 Å². The third-order valence-corrected chi connectivity index (χ3v) is 4.00. The second-order valence-electron chi connectivity index (χ2n) is 5.68. The van der Waals surface area contributed by atoms with Gasteiger partial charge in [0, 0.05) is 6.04 Å². The fraction of sp³-hybridized carbons (Fsp3) is 1.00. The highest BCUT2D eigenvalue weighted by atomic mass is 14.7. The van der Waals surface area contributed by atoms with Gasteiger partial charge in [-0.3, -0.25) is 0 Å². The van der Waals surface area contributed by atoms with Crippen LogP contribution in [0.5, 0.6) is 0 Å². The number of nitrogens with two attached hydrogens (primary N) is 1. The normalized spacial score (nSPS) is 31.1. The molecule has 1 rings (SSSR count). The largest absolute Gasteiger partial charge is 0.327 e. The van der Waals surface area contributed by atoms with E-state index in [-0.39, 0.29) is 0 Å². The van der Waals surface area contributed by atoms with Crippen molar-refractivity contribution in [2.75, 3.05) is 0 Å². The van der Waals surface area contributed by atoms with Gasteiger partial charge in [0.25, 0.3) is 0 Å². The molecule has 0 aromatic rings. The van der Waals surface area contributed by atoms with E-state index in [9.17, 15) is 0 Å². The molecule has 0 aliphatic heterocycles. The number of hydrogen-bond donors (Lipinski definition) is 1. The van der Waals surface area contributed by atoms with Gasteiger partial charge < -0.3 is 5.73 Å². The molecule has 1 nitrogen and oxygen atoms in total. The van der Waals surface area contributed by atoms with Crippen LogP contribution in [0.2, 0.25) is 0 Å². The molecule has 0 aromatic carbocycles. The molecule has 3 atom stereocenters. The van der Waals surface area contributed by atoms with Crippen molar-refractivity contribution in [1.29, 1.82) is 0 Å². The van der Waals surface area contributed by atoms with Crippen LogP contribution in [0.4, 0.5) is 0 Å². The standard InChI is InChI=1S/C13H27N/c1-9(2)11-7-5-6-8-12(11)13(14)10(3)4/h9-13H,5-8,14H2,1-4H3. The third-order valence-electron chi connectivity index (χ3n) is 4.00. The van der Waals surface area contributed by atoms with E-state index in [1.807, 2.05) is 0 Å². The monoisotopic (exact) mass is 197 g/mol.